The molecule has 5 heteroatoms. The molecule has 1 aromatic rings. The summed E-state index contributed by atoms with van der Waals surface area (Å²) in [5.74, 6) is 0.553. The lowest BCUT2D eigenvalue weighted by atomic mass is 9.92. The molecule has 0 unspecified atom stereocenters. The highest BCUT2D eigenvalue weighted by Gasteiger charge is 2.23. The van der Waals surface area contributed by atoms with Crippen molar-refractivity contribution in [3.8, 4) is 5.75 Å². The Morgan fingerprint density at radius 2 is 2.26 bits per heavy atom. The molecule has 1 aromatic carbocycles. The number of benzene rings is 1. The zero-order valence-electron chi connectivity index (χ0n) is 11.5. The Morgan fingerprint density at radius 1 is 1.53 bits per heavy atom. The number of ether oxygens (including phenoxy) is 1. The summed E-state index contributed by atoms with van der Waals surface area (Å²) in [4.78, 5) is 14.1. The van der Waals surface area contributed by atoms with E-state index in [0.29, 0.717) is 29.7 Å². The van der Waals surface area contributed by atoms with Crippen molar-refractivity contribution in [3.63, 3.8) is 0 Å². The third-order valence-electron chi connectivity index (χ3n) is 3.59. The number of hydrogen-bond acceptors (Lipinski definition) is 4. The molecule has 0 radical (unpaired) electrons. The van der Waals surface area contributed by atoms with Crippen molar-refractivity contribution in [2.45, 2.75) is 25.3 Å². The predicted octanol–water partition coefficient (Wildman–Crippen LogP) is 1.70. The van der Waals surface area contributed by atoms with Gasteiger partial charge in [0.1, 0.15) is 5.75 Å². The Kier molecular flexibility index (Phi) is 4.27. The smallest absolute Gasteiger partial charge is 0.238 e. The van der Waals surface area contributed by atoms with Gasteiger partial charge in [-0.15, -0.1) is 0 Å². The molecule has 0 aromatic heterocycles. The molecular weight excluding hydrogens is 242 g/mol. The summed E-state index contributed by atoms with van der Waals surface area (Å²) < 4.78 is 5.20. The standard InChI is InChI=1S/C14H21N3O2/c1-17(11-4-3-5-11)9-14(18)16-12-7-6-10(15)8-13(12)19-2/h6-8,11H,3-5,9,15H2,1-2H3,(H,16,18). The van der Waals surface area contributed by atoms with Gasteiger partial charge in [0.15, 0.2) is 0 Å². The van der Waals surface area contributed by atoms with Crippen molar-refractivity contribution < 1.29 is 9.53 Å². The van der Waals surface area contributed by atoms with E-state index in [-0.39, 0.29) is 5.91 Å². The van der Waals surface area contributed by atoms with Gasteiger partial charge < -0.3 is 15.8 Å². The van der Waals surface area contributed by atoms with Crippen LogP contribution in [0.2, 0.25) is 0 Å². The van der Waals surface area contributed by atoms with Crippen molar-refractivity contribution in [3.05, 3.63) is 18.2 Å². The van der Waals surface area contributed by atoms with E-state index in [1.54, 1.807) is 25.3 Å². The third kappa shape index (κ3) is 3.38. The topological polar surface area (TPSA) is 67.6 Å². The van der Waals surface area contributed by atoms with Crippen molar-refractivity contribution in [1.29, 1.82) is 0 Å². The maximum atomic E-state index is 12.0. The summed E-state index contributed by atoms with van der Waals surface area (Å²) in [6.45, 7) is 0.401. The number of nitrogens with zero attached hydrogens (tertiary/aromatic N) is 1. The number of methoxy groups -OCH3 is 1. The van der Waals surface area contributed by atoms with Gasteiger partial charge in [-0.1, -0.05) is 6.42 Å². The van der Waals surface area contributed by atoms with Crippen LogP contribution in [0.4, 0.5) is 11.4 Å². The highest BCUT2D eigenvalue weighted by molar-refractivity contribution is 5.94. The molecule has 2 rings (SSSR count). The van der Waals surface area contributed by atoms with Crippen LogP contribution in [0.3, 0.4) is 0 Å². The van der Waals surface area contributed by atoms with Gasteiger partial charge in [-0.2, -0.15) is 0 Å². The minimum Gasteiger partial charge on any atom is -0.494 e. The van der Waals surface area contributed by atoms with Gasteiger partial charge >= 0.3 is 0 Å². The van der Waals surface area contributed by atoms with Gasteiger partial charge in [-0.3, -0.25) is 9.69 Å². The molecule has 0 aliphatic heterocycles. The van der Waals surface area contributed by atoms with E-state index < -0.39 is 0 Å². The van der Waals surface area contributed by atoms with E-state index in [9.17, 15) is 4.79 Å². The molecule has 0 bridgehead atoms. The fourth-order valence-corrected chi connectivity index (χ4v) is 2.18. The Labute approximate surface area is 113 Å². The Hall–Kier alpha value is -1.75. The number of nitrogens with two attached hydrogens (primary N) is 1. The second-order valence-electron chi connectivity index (χ2n) is 5.01. The fourth-order valence-electron chi connectivity index (χ4n) is 2.18. The lowest BCUT2D eigenvalue weighted by Crippen LogP contribution is -2.41. The average Bonchev–Trinajstić information content (AvgIpc) is 2.28. The number of rotatable bonds is 5. The second kappa shape index (κ2) is 5.93. The first-order chi connectivity index (χ1) is 9.10. The number of hydrogen-bond donors (Lipinski definition) is 2. The van der Waals surface area contributed by atoms with Crippen molar-refractivity contribution in [2.24, 2.45) is 0 Å². The monoisotopic (exact) mass is 263 g/mol. The summed E-state index contributed by atoms with van der Waals surface area (Å²) >= 11 is 0. The Morgan fingerprint density at radius 3 is 2.84 bits per heavy atom. The maximum Gasteiger partial charge on any atom is 0.238 e. The summed E-state index contributed by atoms with van der Waals surface area (Å²) in [5, 5.41) is 2.86. The number of anilines is 2. The van der Waals surface area contributed by atoms with Crippen molar-refractivity contribution in [1.82, 2.24) is 4.90 Å². The molecule has 1 aliphatic carbocycles. The quantitative estimate of drug-likeness (QED) is 0.793. The zero-order valence-corrected chi connectivity index (χ0v) is 11.5. The zero-order chi connectivity index (χ0) is 13.8. The van der Waals surface area contributed by atoms with Crippen LogP contribution in [0.15, 0.2) is 18.2 Å². The van der Waals surface area contributed by atoms with E-state index in [1.165, 1.54) is 19.3 Å². The number of amides is 1. The number of carbonyl (C=O) groups excluding carboxylic acids is 1. The normalized spacial score (nSPS) is 15.1. The second-order valence-corrected chi connectivity index (χ2v) is 5.01. The molecule has 1 aliphatic rings. The molecule has 3 N–H and O–H groups in total. The highest BCUT2D eigenvalue weighted by Crippen LogP contribution is 2.27. The van der Waals surface area contributed by atoms with Crippen molar-refractivity contribution in [2.75, 3.05) is 31.8 Å². The number of nitrogen functional groups attached to an aromatic ring is 1. The average molecular weight is 263 g/mol. The van der Waals surface area contributed by atoms with E-state index >= 15 is 0 Å². The van der Waals surface area contributed by atoms with Gasteiger partial charge in [0.05, 0.1) is 19.3 Å². The lowest BCUT2D eigenvalue weighted by Gasteiger charge is -2.34. The minimum atomic E-state index is -0.0301. The van der Waals surface area contributed by atoms with Gasteiger partial charge in [-0.25, -0.2) is 0 Å². The fraction of sp³-hybridized carbons (Fsp3) is 0.500. The van der Waals surface area contributed by atoms with Crippen LogP contribution in [0.25, 0.3) is 0 Å². The molecule has 0 heterocycles. The van der Waals surface area contributed by atoms with Gasteiger partial charge in [-0.05, 0) is 32.0 Å². The van der Waals surface area contributed by atoms with Crippen LogP contribution in [0.1, 0.15) is 19.3 Å². The molecule has 1 amide bonds. The molecule has 19 heavy (non-hydrogen) atoms. The first kappa shape index (κ1) is 13.7. The van der Waals surface area contributed by atoms with Crippen molar-refractivity contribution >= 4 is 17.3 Å². The highest BCUT2D eigenvalue weighted by atomic mass is 16.5. The van der Waals surface area contributed by atoms with Crippen LogP contribution < -0.4 is 15.8 Å². The molecule has 0 spiro atoms. The van der Waals surface area contributed by atoms with E-state index in [0.717, 1.165) is 0 Å². The first-order valence-corrected chi connectivity index (χ1v) is 6.53. The Bertz CT molecular complexity index is 458. The number of carbonyl (C=O) groups is 1. The number of likely N-dealkylation sites (N-methyl/N-ethyl adjacent to an activating group) is 1. The molecule has 104 valence electrons. The van der Waals surface area contributed by atoms with Crippen LogP contribution >= 0.6 is 0 Å². The lowest BCUT2D eigenvalue weighted by molar-refractivity contribution is -0.117. The molecule has 1 fully saturated rings. The molecule has 5 nitrogen and oxygen atoms in total. The van der Waals surface area contributed by atoms with Gasteiger partial charge in [0.2, 0.25) is 5.91 Å². The SMILES string of the molecule is COc1cc(N)ccc1NC(=O)CN(C)C1CCC1. The van der Waals surface area contributed by atoms with Crippen LogP contribution in [0, 0.1) is 0 Å². The first-order valence-electron chi connectivity index (χ1n) is 6.53. The Balaban J connectivity index is 1.94. The summed E-state index contributed by atoms with van der Waals surface area (Å²) in [6.07, 6.45) is 3.65. The summed E-state index contributed by atoms with van der Waals surface area (Å²) in [7, 11) is 3.55. The van der Waals surface area contributed by atoms with Gasteiger partial charge in [0.25, 0.3) is 0 Å². The largest absolute Gasteiger partial charge is 0.494 e. The molecule has 0 saturated heterocycles. The van der Waals surface area contributed by atoms with Crippen LogP contribution in [-0.4, -0.2) is 37.6 Å². The van der Waals surface area contributed by atoms with E-state index in [1.807, 2.05) is 7.05 Å². The van der Waals surface area contributed by atoms with Crippen LogP contribution in [-0.2, 0) is 4.79 Å². The maximum absolute atomic E-state index is 12.0. The van der Waals surface area contributed by atoms with Gasteiger partial charge in [0, 0.05) is 17.8 Å². The minimum absolute atomic E-state index is 0.0301. The molecule has 0 atom stereocenters. The number of nitrogens with one attached hydrogen (secondary N) is 1. The van der Waals surface area contributed by atoms with Crippen LogP contribution in [0.5, 0.6) is 5.75 Å². The van der Waals surface area contributed by atoms with E-state index in [4.69, 9.17) is 10.5 Å². The third-order valence-corrected chi connectivity index (χ3v) is 3.59. The molecule has 1 saturated carbocycles. The molecular formula is C14H21N3O2. The summed E-state index contributed by atoms with van der Waals surface area (Å²) in [6, 6.07) is 5.76. The predicted molar refractivity (Wildman–Crippen MR) is 76.3 cm³/mol. The summed E-state index contributed by atoms with van der Waals surface area (Å²) in [5.41, 5.74) is 6.95. The van der Waals surface area contributed by atoms with E-state index in [2.05, 4.69) is 10.2 Å².